The molecule has 1 aromatic carbocycles. The Kier molecular flexibility index (Phi) is 4.53. The predicted molar refractivity (Wildman–Crippen MR) is 108 cm³/mol. The van der Waals surface area contributed by atoms with Crippen LogP contribution in [0, 0.1) is 0 Å². The second kappa shape index (κ2) is 6.91. The third-order valence-electron chi connectivity index (χ3n) is 6.28. The molecular weight excluding hydrogens is 381 g/mol. The molecule has 1 unspecified atom stereocenters. The summed E-state index contributed by atoms with van der Waals surface area (Å²) in [5, 5.41) is 1.18. The molecule has 142 valence electrons. The highest BCUT2D eigenvalue weighted by Crippen LogP contribution is 2.48. The van der Waals surface area contributed by atoms with Gasteiger partial charge in [-0.3, -0.25) is 0 Å². The molecule has 2 aliphatic heterocycles. The predicted octanol–water partition coefficient (Wildman–Crippen LogP) is 5.08. The smallest absolute Gasteiger partial charge is 0.224 e. The minimum absolute atomic E-state index is 0.332. The molecule has 0 radical (unpaired) electrons. The van der Waals surface area contributed by atoms with Crippen molar-refractivity contribution in [3.05, 3.63) is 50.9 Å². The Labute approximate surface area is 169 Å². The van der Waals surface area contributed by atoms with E-state index in [1.165, 1.54) is 36.8 Å². The van der Waals surface area contributed by atoms with E-state index in [-0.39, 0.29) is 5.60 Å². The number of benzene rings is 1. The summed E-state index contributed by atoms with van der Waals surface area (Å²) in [5.41, 5.74) is 4.25. The average molecular weight is 404 g/mol. The number of hydrogen-bond acceptors (Lipinski definition) is 4. The first-order valence-electron chi connectivity index (χ1n) is 9.88. The van der Waals surface area contributed by atoms with Crippen LogP contribution in [-0.4, -0.2) is 23.1 Å². The van der Waals surface area contributed by atoms with Gasteiger partial charge in [-0.1, -0.05) is 36.6 Å². The third kappa shape index (κ3) is 3.02. The van der Waals surface area contributed by atoms with E-state index in [1.807, 2.05) is 12.1 Å². The van der Waals surface area contributed by atoms with E-state index in [0.29, 0.717) is 11.9 Å². The zero-order chi connectivity index (χ0) is 18.4. The summed E-state index contributed by atoms with van der Waals surface area (Å²) in [6.45, 7) is 2.59. The number of nitrogens with zero attached hydrogens (tertiary/aromatic N) is 3. The average Bonchev–Trinajstić information content (AvgIpc) is 2.84. The zero-order valence-electron chi connectivity index (χ0n) is 15.3. The molecule has 0 saturated carbocycles. The largest absolute Gasteiger partial charge is 0.365 e. The minimum Gasteiger partial charge on any atom is -0.365 e. The quantitative estimate of drug-likeness (QED) is 0.622. The molecule has 1 saturated heterocycles. The summed E-state index contributed by atoms with van der Waals surface area (Å²) < 4.78 is 6.53. The van der Waals surface area contributed by atoms with Gasteiger partial charge < -0.3 is 9.64 Å². The molecule has 3 aliphatic rings. The van der Waals surface area contributed by atoms with E-state index in [2.05, 4.69) is 20.9 Å². The van der Waals surface area contributed by atoms with Crippen molar-refractivity contribution in [1.29, 1.82) is 0 Å². The third-order valence-corrected chi connectivity index (χ3v) is 6.81. The van der Waals surface area contributed by atoms with Crippen LogP contribution in [0.1, 0.15) is 54.5 Å². The first-order valence-corrected chi connectivity index (χ1v) is 10.6. The first-order chi connectivity index (χ1) is 13.2. The van der Waals surface area contributed by atoms with Gasteiger partial charge in [0.25, 0.3) is 0 Å². The van der Waals surface area contributed by atoms with Crippen molar-refractivity contribution < 1.29 is 4.74 Å². The van der Waals surface area contributed by atoms with E-state index in [1.54, 1.807) is 0 Å². The minimum atomic E-state index is -0.332. The van der Waals surface area contributed by atoms with E-state index < -0.39 is 0 Å². The molecule has 0 bridgehead atoms. The number of anilines is 1. The lowest BCUT2D eigenvalue weighted by molar-refractivity contribution is -0.0728. The summed E-state index contributed by atoms with van der Waals surface area (Å²) in [6.07, 6.45) is 7.59. The van der Waals surface area contributed by atoms with Crippen molar-refractivity contribution >= 4 is 29.0 Å². The highest BCUT2D eigenvalue weighted by Gasteiger charge is 2.44. The van der Waals surface area contributed by atoms with Crippen LogP contribution < -0.4 is 4.90 Å². The molecular formula is C21H23Cl2N3O. The summed E-state index contributed by atoms with van der Waals surface area (Å²) in [7, 11) is 0. The van der Waals surface area contributed by atoms with Crippen molar-refractivity contribution in [3.63, 3.8) is 0 Å². The van der Waals surface area contributed by atoms with Crippen LogP contribution in [0.15, 0.2) is 18.2 Å². The molecule has 5 rings (SSSR count). The fourth-order valence-corrected chi connectivity index (χ4v) is 5.34. The molecule has 0 amide bonds. The SMILES string of the molecule is Clc1nc2c(c(N3CCCCCC3)n1)COC1(CCc3c(Cl)cccc31)C2. The van der Waals surface area contributed by atoms with Crippen LogP contribution in [-0.2, 0) is 29.8 Å². The van der Waals surface area contributed by atoms with Gasteiger partial charge >= 0.3 is 0 Å². The van der Waals surface area contributed by atoms with Crippen LogP contribution in [0.4, 0.5) is 5.82 Å². The Bertz CT molecular complexity index is 880. The van der Waals surface area contributed by atoms with Gasteiger partial charge in [0.15, 0.2) is 0 Å². The second-order valence-corrected chi connectivity index (χ2v) is 8.61. The Morgan fingerprint density at radius 3 is 2.63 bits per heavy atom. The number of halogens is 2. The van der Waals surface area contributed by atoms with Crippen LogP contribution in [0.25, 0.3) is 0 Å². The summed E-state index contributed by atoms with van der Waals surface area (Å²) >= 11 is 12.8. The standard InChI is InChI=1S/C21H23Cl2N3O/c22-17-7-5-6-16-14(17)8-9-21(16)12-18-15(13-27-21)19(25-20(23)24-18)26-10-3-1-2-4-11-26/h5-7H,1-4,8-13H2. The molecule has 6 heteroatoms. The lowest BCUT2D eigenvalue weighted by atomic mass is 9.87. The van der Waals surface area contributed by atoms with Gasteiger partial charge in [0.2, 0.25) is 5.28 Å². The topological polar surface area (TPSA) is 38.2 Å². The Morgan fingerprint density at radius 2 is 1.81 bits per heavy atom. The molecule has 3 heterocycles. The maximum absolute atomic E-state index is 6.53. The van der Waals surface area contributed by atoms with E-state index in [0.717, 1.165) is 54.4 Å². The van der Waals surface area contributed by atoms with Crippen LogP contribution in [0.2, 0.25) is 10.3 Å². The molecule has 4 nitrogen and oxygen atoms in total. The highest BCUT2D eigenvalue weighted by atomic mass is 35.5. The van der Waals surface area contributed by atoms with Crippen LogP contribution in [0.5, 0.6) is 0 Å². The van der Waals surface area contributed by atoms with E-state index in [4.69, 9.17) is 27.9 Å². The van der Waals surface area contributed by atoms with Gasteiger partial charge in [0.05, 0.1) is 17.9 Å². The van der Waals surface area contributed by atoms with Gasteiger partial charge in [-0.05, 0) is 54.5 Å². The maximum Gasteiger partial charge on any atom is 0.224 e. The Hall–Kier alpha value is -1.36. The number of ether oxygens (including phenoxy) is 1. The normalized spacial score (nSPS) is 24.6. The van der Waals surface area contributed by atoms with Gasteiger partial charge in [0, 0.05) is 30.1 Å². The molecule has 1 aliphatic carbocycles. The van der Waals surface area contributed by atoms with Crippen molar-refractivity contribution in [1.82, 2.24) is 9.97 Å². The number of fused-ring (bicyclic) bond motifs is 3. The van der Waals surface area contributed by atoms with Crippen molar-refractivity contribution in [2.75, 3.05) is 18.0 Å². The van der Waals surface area contributed by atoms with Gasteiger partial charge in [0.1, 0.15) is 5.82 Å². The lowest BCUT2D eigenvalue weighted by Gasteiger charge is -2.37. The van der Waals surface area contributed by atoms with Crippen molar-refractivity contribution in [2.24, 2.45) is 0 Å². The van der Waals surface area contributed by atoms with Gasteiger partial charge in [-0.25, -0.2) is 9.97 Å². The second-order valence-electron chi connectivity index (χ2n) is 7.87. The molecule has 2 aromatic rings. The Morgan fingerprint density at radius 1 is 1.00 bits per heavy atom. The van der Waals surface area contributed by atoms with Crippen molar-refractivity contribution in [2.45, 2.75) is 57.2 Å². The summed E-state index contributed by atoms with van der Waals surface area (Å²) in [5.74, 6) is 0.978. The zero-order valence-corrected chi connectivity index (χ0v) is 16.8. The number of aromatic nitrogens is 2. The molecule has 27 heavy (non-hydrogen) atoms. The summed E-state index contributed by atoms with van der Waals surface area (Å²) in [4.78, 5) is 11.6. The fourth-order valence-electron chi connectivity index (χ4n) is 4.89. The highest BCUT2D eigenvalue weighted by molar-refractivity contribution is 6.31. The first kappa shape index (κ1) is 17.7. The van der Waals surface area contributed by atoms with Crippen LogP contribution >= 0.6 is 23.2 Å². The van der Waals surface area contributed by atoms with Crippen LogP contribution in [0.3, 0.4) is 0 Å². The molecule has 1 aromatic heterocycles. The van der Waals surface area contributed by atoms with E-state index >= 15 is 0 Å². The van der Waals surface area contributed by atoms with Gasteiger partial charge in [-0.2, -0.15) is 0 Å². The van der Waals surface area contributed by atoms with E-state index in [9.17, 15) is 0 Å². The monoisotopic (exact) mass is 403 g/mol. The number of hydrogen-bond donors (Lipinski definition) is 0. The summed E-state index contributed by atoms with van der Waals surface area (Å²) in [6, 6.07) is 6.13. The van der Waals surface area contributed by atoms with Gasteiger partial charge in [-0.15, -0.1) is 0 Å². The Balaban J connectivity index is 1.54. The fraction of sp³-hybridized carbons (Fsp3) is 0.524. The maximum atomic E-state index is 6.53. The molecule has 1 fully saturated rings. The lowest BCUT2D eigenvalue weighted by Crippen LogP contribution is -2.36. The van der Waals surface area contributed by atoms with Crippen molar-refractivity contribution in [3.8, 4) is 0 Å². The molecule has 1 atom stereocenters. The molecule has 1 spiro atoms. The molecule has 0 N–H and O–H groups in total. The number of rotatable bonds is 1.